The number of urea groups is 1. The van der Waals surface area contributed by atoms with Gasteiger partial charge in [-0.2, -0.15) is 0 Å². The monoisotopic (exact) mass is 486 g/mol. The van der Waals surface area contributed by atoms with E-state index < -0.39 is 5.92 Å². The van der Waals surface area contributed by atoms with Crippen LogP contribution in [0.15, 0.2) is 24.3 Å². The molecular formula is C25H34N4O6. The van der Waals surface area contributed by atoms with Crippen molar-refractivity contribution in [3.63, 3.8) is 0 Å². The largest absolute Gasteiger partial charge is 0.495 e. The summed E-state index contributed by atoms with van der Waals surface area (Å²) in [5.74, 6) is -0.500. The van der Waals surface area contributed by atoms with Crippen molar-refractivity contribution in [1.29, 1.82) is 0 Å². The quantitative estimate of drug-likeness (QED) is 0.487. The smallest absolute Gasteiger partial charge is 0.321 e. The van der Waals surface area contributed by atoms with Crippen molar-refractivity contribution in [3.05, 3.63) is 34.4 Å². The highest BCUT2D eigenvalue weighted by Gasteiger charge is 2.47. The number of piperidine rings is 1. The number of rotatable bonds is 6. The van der Waals surface area contributed by atoms with Crippen LogP contribution in [0, 0.1) is 33.3 Å². The Kier molecular flexibility index (Phi) is 7.28. The molecule has 3 amide bonds. The first kappa shape index (κ1) is 24.9. The maximum Gasteiger partial charge on any atom is 0.321 e. The van der Waals surface area contributed by atoms with Crippen LogP contribution in [0.1, 0.15) is 39.0 Å². The third-order valence-corrected chi connectivity index (χ3v) is 8.19. The van der Waals surface area contributed by atoms with Crippen molar-refractivity contribution < 1.29 is 24.0 Å². The molecule has 2 saturated heterocycles. The van der Waals surface area contributed by atoms with Crippen LogP contribution in [0.4, 0.5) is 10.5 Å². The van der Waals surface area contributed by atoms with Crippen LogP contribution < -0.4 is 10.1 Å². The van der Waals surface area contributed by atoms with E-state index in [1.807, 2.05) is 24.0 Å². The fourth-order valence-corrected chi connectivity index (χ4v) is 6.00. The lowest BCUT2D eigenvalue weighted by Crippen LogP contribution is -2.46. The van der Waals surface area contributed by atoms with Crippen LogP contribution in [0.5, 0.6) is 5.75 Å². The van der Waals surface area contributed by atoms with E-state index in [1.54, 1.807) is 24.1 Å². The number of anilines is 1. The Labute approximate surface area is 205 Å². The molecule has 3 atom stereocenters. The van der Waals surface area contributed by atoms with E-state index in [9.17, 15) is 24.5 Å². The number of likely N-dealkylation sites (tertiary alicyclic amines) is 2. The van der Waals surface area contributed by atoms with Crippen molar-refractivity contribution in [2.45, 2.75) is 39.0 Å². The van der Waals surface area contributed by atoms with E-state index in [0.717, 1.165) is 19.3 Å². The van der Waals surface area contributed by atoms with Crippen LogP contribution in [0.2, 0.25) is 0 Å². The summed E-state index contributed by atoms with van der Waals surface area (Å²) < 4.78 is 5.30. The maximum absolute atomic E-state index is 13.1. The second-order valence-corrected chi connectivity index (χ2v) is 10.3. The number of methoxy groups -OCH3 is 1. The Morgan fingerprint density at radius 1 is 1.17 bits per heavy atom. The van der Waals surface area contributed by atoms with Crippen molar-refractivity contribution in [1.82, 2.24) is 9.80 Å². The Morgan fingerprint density at radius 2 is 1.83 bits per heavy atom. The van der Waals surface area contributed by atoms with Gasteiger partial charge in [-0.05, 0) is 42.7 Å². The van der Waals surface area contributed by atoms with E-state index in [2.05, 4.69) is 5.32 Å². The van der Waals surface area contributed by atoms with Crippen molar-refractivity contribution in [2.75, 3.05) is 45.2 Å². The van der Waals surface area contributed by atoms with Crippen molar-refractivity contribution in [2.24, 2.45) is 23.2 Å². The Hall–Kier alpha value is -3.17. The predicted molar refractivity (Wildman–Crippen MR) is 129 cm³/mol. The number of nitrogens with one attached hydrogen (secondary N) is 1. The molecule has 4 rings (SSSR count). The molecule has 190 valence electrons. The second kappa shape index (κ2) is 10.2. The summed E-state index contributed by atoms with van der Waals surface area (Å²) in [7, 11) is 1.56. The Bertz CT molecular complexity index is 990. The average molecular weight is 487 g/mol. The molecule has 1 N–H and O–H groups in total. The number of ketones is 1. The fraction of sp³-hybridized carbons (Fsp3) is 0.640. The highest BCUT2D eigenvalue weighted by Crippen LogP contribution is 2.42. The first-order valence-electron chi connectivity index (χ1n) is 12.3. The summed E-state index contributed by atoms with van der Waals surface area (Å²) in [6.07, 6.45) is 2.85. The number of amides is 3. The first-order chi connectivity index (χ1) is 16.7. The van der Waals surface area contributed by atoms with E-state index in [4.69, 9.17) is 4.74 Å². The van der Waals surface area contributed by atoms with Crippen molar-refractivity contribution >= 4 is 23.4 Å². The first-order valence-corrected chi connectivity index (χ1v) is 12.3. The third kappa shape index (κ3) is 5.41. The van der Waals surface area contributed by atoms with Crippen molar-refractivity contribution in [3.8, 4) is 5.75 Å². The minimum Gasteiger partial charge on any atom is -0.495 e. The standard InChI is InChI=1S/C25H34N4O6/c1-17-13-21(30)18(19(17)15-29(33)34)14-23(31)28-12-9-25(16-28)7-10-27(11-8-25)24(32)26-20-5-3-4-6-22(20)35-2/h3-6,17-19H,7-16H2,1-2H3,(H,26,32)/t17-,18-,19+/m1/s1. The average Bonchev–Trinajstić information content (AvgIpc) is 3.35. The molecule has 0 bridgehead atoms. The lowest BCUT2D eigenvalue weighted by Gasteiger charge is -2.39. The minimum atomic E-state index is -0.556. The van der Waals surface area contributed by atoms with Gasteiger partial charge >= 0.3 is 6.03 Å². The molecule has 3 fully saturated rings. The van der Waals surface area contributed by atoms with Gasteiger partial charge in [0.15, 0.2) is 0 Å². The Morgan fingerprint density at radius 3 is 2.49 bits per heavy atom. The second-order valence-electron chi connectivity index (χ2n) is 10.3. The normalized spacial score (nSPS) is 25.7. The summed E-state index contributed by atoms with van der Waals surface area (Å²) in [6, 6.07) is 7.12. The number of hydrogen-bond donors (Lipinski definition) is 1. The van der Waals surface area contributed by atoms with E-state index in [-0.39, 0.29) is 52.9 Å². The molecule has 2 heterocycles. The summed E-state index contributed by atoms with van der Waals surface area (Å²) >= 11 is 0. The predicted octanol–water partition coefficient (Wildman–Crippen LogP) is 3.05. The topological polar surface area (TPSA) is 122 Å². The molecule has 1 spiro atoms. The number of para-hydroxylation sites is 2. The van der Waals surface area contributed by atoms with Gasteiger partial charge in [0.25, 0.3) is 0 Å². The van der Waals surface area contributed by atoms with Gasteiger partial charge in [0.05, 0.1) is 12.8 Å². The molecule has 35 heavy (non-hydrogen) atoms. The van der Waals surface area contributed by atoms with Gasteiger partial charge in [-0.15, -0.1) is 0 Å². The van der Waals surface area contributed by atoms with E-state index in [0.29, 0.717) is 44.0 Å². The lowest BCUT2D eigenvalue weighted by atomic mass is 9.78. The number of nitro groups is 1. The summed E-state index contributed by atoms with van der Waals surface area (Å²) in [5, 5.41) is 14.0. The van der Waals surface area contributed by atoms with Crippen LogP contribution in [0.25, 0.3) is 0 Å². The molecule has 1 saturated carbocycles. The van der Waals surface area contributed by atoms with Crippen LogP contribution in [-0.2, 0) is 9.59 Å². The Balaban J connectivity index is 1.30. The number of carbonyl (C=O) groups is 3. The van der Waals surface area contributed by atoms with Crippen LogP contribution >= 0.6 is 0 Å². The van der Waals surface area contributed by atoms with Gasteiger partial charge in [0.2, 0.25) is 12.5 Å². The van der Waals surface area contributed by atoms with E-state index in [1.165, 1.54) is 0 Å². The maximum atomic E-state index is 13.1. The third-order valence-electron chi connectivity index (χ3n) is 8.19. The molecular weight excluding hydrogens is 452 g/mol. The van der Waals surface area contributed by atoms with Gasteiger partial charge in [-0.25, -0.2) is 4.79 Å². The molecule has 0 unspecified atom stereocenters. The summed E-state index contributed by atoms with van der Waals surface area (Å²) in [4.78, 5) is 52.6. The highest BCUT2D eigenvalue weighted by molar-refractivity contribution is 5.91. The summed E-state index contributed by atoms with van der Waals surface area (Å²) in [5.41, 5.74) is 0.605. The summed E-state index contributed by atoms with van der Waals surface area (Å²) in [6.45, 7) is 4.05. The highest BCUT2D eigenvalue weighted by atomic mass is 16.6. The lowest BCUT2D eigenvalue weighted by molar-refractivity contribution is -0.490. The molecule has 1 aromatic rings. The fourth-order valence-electron chi connectivity index (χ4n) is 6.00. The molecule has 2 aliphatic heterocycles. The van der Waals surface area contributed by atoms with Gasteiger partial charge < -0.3 is 19.9 Å². The molecule has 10 nitrogen and oxygen atoms in total. The van der Waals surface area contributed by atoms with Gasteiger partial charge in [-0.1, -0.05) is 19.1 Å². The number of hydrogen-bond acceptors (Lipinski definition) is 6. The molecule has 0 aromatic heterocycles. The minimum absolute atomic E-state index is 0.0237. The van der Waals surface area contributed by atoms with Crippen LogP contribution in [-0.4, -0.2) is 72.3 Å². The SMILES string of the molecule is COc1ccccc1NC(=O)N1CCC2(CCN(C(=O)C[C@H]3C(=O)C[C@@H](C)[C@@H]3C[N+](=O)[O-])C2)CC1. The molecule has 1 aromatic carbocycles. The number of Topliss-reactive ketones (excluding diaryl/α,β-unsaturated/α-hetero) is 1. The number of carbonyl (C=O) groups excluding carboxylic acids is 3. The zero-order chi connectivity index (χ0) is 25.2. The van der Waals surface area contributed by atoms with Gasteiger partial charge in [0, 0.05) is 55.8 Å². The molecule has 3 aliphatic rings. The van der Waals surface area contributed by atoms with Gasteiger partial charge in [0.1, 0.15) is 11.5 Å². The molecule has 0 radical (unpaired) electrons. The molecule has 1 aliphatic carbocycles. The molecule has 10 heteroatoms. The van der Waals surface area contributed by atoms with Gasteiger partial charge in [-0.3, -0.25) is 19.7 Å². The number of nitrogens with zero attached hydrogens (tertiary/aromatic N) is 3. The van der Waals surface area contributed by atoms with E-state index >= 15 is 0 Å². The van der Waals surface area contributed by atoms with Crippen LogP contribution in [0.3, 0.4) is 0 Å². The number of benzene rings is 1. The number of ether oxygens (including phenoxy) is 1. The zero-order valence-electron chi connectivity index (χ0n) is 20.4. The zero-order valence-corrected chi connectivity index (χ0v) is 20.4.